The number of thiophene rings is 1. The lowest BCUT2D eigenvalue weighted by Gasteiger charge is -2.35. The molecule has 3 heterocycles. The average molecular weight is 347 g/mol. The molecule has 2 aromatic rings. The molecule has 0 radical (unpaired) electrons. The van der Waals surface area contributed by atoms with Crippen molar-refractivity contribution in [2.75, 3.05) is 18.5 Å². The van der Waals surface area contributed by atoms with Crippen molar-refractivity contribution in [2.45, 2.75) is 32.7 Å². The summed E-state index contributed by atoms with van der Waals surface area (Å²) in [5, 5.41) is 4.96. The molecule has 0 bridgehead atoms. The molecule has 2 N–H and O–H groups in total. The summed E-state index contributed by atoms with van der Waals surface area (Å²) in [5.41, 5.74) is 2.15. The first-order valence-corrected chi connectivity index (χ1v) is 9.01. The van der Waals surface area contributed by atoms with Gasteiger partial charge in [0, 0.05) is 17.6 Å². The minimum Gasteiger partial charge on any atom is -0.461 e. The number of aromatic amines is 1. The predicted molar refractivity (Wildman–Crippen MR) is 93.5 cm³/mol. The molecule has 0 fully saturated rings. The van der Waals surface area contributed by atoms with Crippen LogP contribution in [-0.2, 0) is 11.2 Å². The van der Waals surface area contributed by atoms with Gasteiger partial charge in [-0.2, -0.15) is 0 Å². The Bertz CT molecular complexity index is 737. The van der Waals surface area contributed by atoms with Crippen LogP contribution in [0.4, 0.5) is 10.5 Å². The molecule has 0 saturated heterocycles. The molecule has 1 aliphatic rings. The van der Waals surface area contributed by atoms with E-state index in [9.17, 15) is 9.59 Å². The normalized spacial score (nSPS) is 16.6. The van der Waals surface area contributed by atoms with Crippen LogP contribution in [0.3, 0.4) is 0 Å². The molecular formula is C17H21N3O3S. The van der Waals surface area contributed by atoms with Crippen molar-refractivity contribution in [1.82, 2.24) is 9.88 Å². The van der Waals surface area contributed by atoms with E-state index in [4.69, 9.17) is 4.74 Å². The monoisotopic (exact) mass is 347 g/mol. The third-order valence-corrected chi connectivity index (χ3v) is 5.17. The van der Waals surface area contributed by atoms with Crippen molar-refractivity contribution >= 4 is 29.0 Å². The molecule has 1 atom stereocenters. The lowest BCUT2D eigenvalue weighted by atomic mass is 9.98. The SMILES string of the molecule is CCOC(=O)c1cc(NC(=O)N2CCc3sccc3[C@H]2CC)c[nH]1. The van der Waals surface area contributed by atoms with Gasteiger partial charge in [-0.1, -0.05) is 6.92 Å². The molecule has 3 rings (SSSR count). The van der Waals surface area contributed by atoms with Crippen LogP contribution in [0.15, 0.2) is 23.7 Å². The van der Waals surface area contributed by atoms with E-state index in [0.717, 1.165) is 12.8 Å². The molecule has 24 heavy (non-hydrogen) atoms. The van der Waals surface area contributed by atoms with Gasteiger partial charge in [0.25, 0.3) is 0 Å². The summed E-state index contributed by atoms with van der Waals surface area (Å²) in [7, 11) is 0. The van der Waals surface area contributed by atoms with Crippen LogP contribution in [0, 0.1) is 0 Å². The number of hydrogen-bond acceptors (Lipinski definition) is 4. The number of urea groups is 1. The fourth-order valence-electron chi connectivity index (χ4n) is 3.07. The number of aromatic nitrogens is 1. The highest BCUT2D eigenvalue weighted by Gasteiger charge is 2.30. The number of hydrogen-bond donors (Lipinski definition) is 2. The summed E-state index contributed by atoms with van der Waals surface area (Å²) < 4.78 is 4.94. The molecule has 2 aromatic heterocycles. The summed E-state index contributed by atoms with van der Waals surface area (Å²) in [6, 6.07) is 3.66. The Morgan fingerprint density at radius 3 is 3.04 bits per heavy atom. The number of anilines is 1. The lowest BCUT2D eigenvalue weighted by Crippen LogP contribution is -2.41. The number of nitrogens with one attached hydrogen (secondary N) is 2. The second-order valence-corrected chi connectivity index (χ2v) is 6.62. The summed E-state index contributed by atoms with van der Waals surface area (Å²) in [5.74, 6) is -0.426. The molecule has 128 valence electrons. The molecule has 0 aliphatic carbocycles. The Hall–Kier alpha value is -2.28. The standard InChI is InChI=1S/C17H21N3O3S/c1-3-14-12-6-8-24-15(12)5-7-20(14)17(22)19-11-9-13(18-10-11)16(21)23-4-2/h6,8-10,14,18H,3-5,7H2,1-2H3,(H,19,22)/t14-/m1/s1. The second kappa shape index (κ2) is 7.09. The maximum absolute atomic E-state index is 12.7. The summed E-state index contributed by atoms with van der Waals surface area (Å²) >= 11 is 1.76. The summed E-state index contributed by atoms with van der Waals surface area (Å²) in [6.07, 6.45) is 3.36. The van der Waals surface area contributed by atoms with E-state index < -0.39 is 5.97 Å². The van der Waals surface area contributed by atoms with Gasteiger partial charge in [-0.3, -0.25) is 0 Å². The van der Waals surface area contributed by atoms with Gasteiger partial charge < -0.3 is 19.9 Å². The number of carbonyl (C=O) groups is 2. The second-order valence-electron chi connectivity index (χ2n) is 5.62. The average Bonchev–Trinajstić information content (AvgIpc) is 3.22. The highest BCUT2D eigenvalue weighted by Crippen LogP contribution is 2.35. The minimum atomic E-state index is -0.426. The number of carbonyl (C=O) groups excluding carboxylic acids is 2. The largest absolute Gasteiger partial charge is 0.461 e. The van der Waals surface area contributed by atoms with Gasteiger partial charge in [0.2, 0.25) is 0 Å². The maximum atomic E-state index is 12.7. The van der Waals surface area contributed by atoms with Gasteiger partial charge >= 0.3 is 12.0 Å². The third kappa shape index (κ3) is 3.17. The van der Waals surface area contributed by atoms with Crippen LogP contribution < -0.4 is 5.32 Å². The van der Waals surface area contributed by atoms with Gasteiger partial charge in [-0.25, -0.2) is 9.59 Å². The van der Waals surface area contributed by atoms with E-state index >= 15 is 0 Å². The lowest BCUT2D eigenvalue weighted by molar-refractivity contribution is 0.0520. The van der Waals surface area contributed by atoms with Crippen LogP contribution in [0.25, 0.3) is 0 Å². The smallest absolute Gasteiger partial charge is 0.354 e. The summed E-state index contributed by atoms with van der Waals surface area (Å²) in [4.78, 5) is 30.4. The zero-order valence-corrected chi connectivity index (χ0v) is 14.6. The molecule has 0 aromatic carbocycles. The first kappa shape index (κ1) is 16.6. The Kier molecular flexibility index (Phi) is 4.89. The van der Waals surface area contributed by atoms with E-state index in [1.165, 1.54) is 10.4 Å². The third-order valence-electron chi connectivity index (χ3n) is 4.17. The van der Waals surface area contributed by atoms with E-state index in [1.54, 1.807) is 30.5 Å². The quantitative estimate of drug-likeness (QED) is 0.826. The fraction of sp³-hybridized carbons (Fsp3) is 0.412. The maximum Gasteiger partial charge on any atom is 0.354 e. The van der Waals surface area contributed by atoms with Crippen LogP contribution in [0.5, 0.6) is 0 Å². The number of rotatable bonds is 4. The van der Waals surface area contributed by atoms with Crippen molar-refractivity contribution < 1.29 is 14.3 Å². The molecular weight excluding hydrogens is 326 g/mol. The molecule has 1 aliphatic heterocycles. The molecule has 0 spiro atoms. The highest BCUT2D eigenvalue weighted by atomic mass is 32.1. The first-order chi connectivity index (χ1) is 11.6. The number of amides is 2. The molecule has 0 unspecified atom stereocenters. The molecule has 2 amide bonds. The Balaban J connectivity index is 1.70. The van der Waals surface area contributed by atoms with Crippen LogP contribution in [-0.4, -0.2) is 35.0 Å². The number of ether oxygens (including phenoxy) is 1. The predicted octanol–water partition coefficient (Wildman–Crippen LogP) is 3.79. The van der Waals surface area contributed by atoms with Crippen molar-refractivity contribution in [3.05, 3.63) is 39.8 Å². The molecule has 0 saturated carbocycles. The van der Waals surface area contributed by atoms with Crippen molar-refractivity contribution in [1.29, 1.82) is 0 Å². The van der Waals surface area contributed by atoms with Crippen LogP contribution in [0.2, 0.25) is 0 Å². The van der Waals surface area contributed by atoms with Crippen LogP contribution in [0.1, 0.15) is 47.2 Å². The van der Waals surface area contributed by atoms with E-state index in [0.29, 0.717) is 24.5 Å². The van der Waals surface area contributed by atoms with Gasteiger partial charge in [-0.05, 0) is 42.8 Å². The van der Waals surface area contributed by atoms with E-state index in [2.05, 4.69) is 28.7 Å². The Morgan fingerprint density at radius 2 is 2.29 bits per heavy atom. The minimum absolute atomic E-state index is 0.100. The van der Waals surface area contributed by atoms with Gasteiger partial charge in [-0.15, -0.1) is 11.3 Å². The van der Waals surface area contributed by atoms with E-state index in [-0.39, 0.29) is 12.1 Å². The highest BCUT2D eigenvalue weighted by molar-refractivity contribution is 7.10. The number of fused-ring (bicyclic) bond motifs is 1. The Labute approximate surface area is 144 Å². The number of esters is 1. The fourth-order valence-corrected chi connectivity index (χ4v) is 4.00. The Morgan fingerprint density at radius 1 is 1.46 bits per heavy atom. The van der Waals surface area contributed by atoms with Crippen molar-refractivity contribution in [3.63, 3.8) is 0 Å². The van der Waals surface area contributed by atoms with Gasteiger partial charge in [0.1, 0.15) is 5.69 Å². The van der Waals surface area contributed by atoms with Gasteiger partial charge in [0.05, 0.1) is 18.3 Å². The van der Waals surface area contributed by atoms with E-state index in [1.807, 2.05) is 4.90 Å². The molecule has 7 heteroatoms. The van der Waals surface area contributed by atoms with Crippen LogP contribution >= 0.6 is 11.3 Å². The first-order valence-electron chi connectivity index (χ1n) is 8.13. The van der Waals surface area contributed by atoms with Crippen molar-refractivity contribution in [2.24, 2.45) is 0 Å². The zero-order valence-electron chi connectivity index (χ0n) is 13.8. The van der Waals surface area contributed by atoms with Gasteiger partial charge in [0.15, 0.2) is 0 Å². The topological polar surface area (TPSA) is 74.4 Å². The van der Waals surface area contributed by atoms with Crippen molar-refractivity contribution in [3.8, 4) is 0 Å². The zero-order chi connectivity index (χ0) is 17.1. The summed E-state index contributed by atoms with van der Waals surface area (Å²) in [6.45, 7) is 4.86. The molecule has 6 nitrogen and oxygen atoms in total. The number of nitrogens with zero attached hydrogens (tertiary/aromatic N) is 1. The number of H-pyrrole nitrogens is 1.